The third kappa shape index (κ3) is 3.79. The summed E-state index contributed by atoms with van der Waals surface area (Å²) in [5, 5.41) is 6.51. The fraction of sp³-hybridized carbons (Fsp3) is 0.400. The van der Waals surface area contributed by atoms with E-state index in [-0.39, 0.29) is 6.04 Å². The van der Waals surface area contributed by atoms with E-state index in [1.807, 2.05) is 36.7 Å². The van der Waals surface area contributed by atoms with E-state index in [9.17, 15) is 0 Å². The number of nitrogens with one attached hydrogen (secondary N) is 1. The van der Waals surface area contributed by atoms with Gasteiger partial charge in [0.05, 0.1) is 19.3 Å². The number of thiazole rings is 1. The summed E-state index contributed by atoms with van der Waals surface area (Å²) in [4.78, 5) is 4.43. The normalized spacial score (nSPS) is 12.3. The Balaban J connectivity index is 2.26. The lowest BCUT2D eigenvalue weighted by molar-refractivity contribution is 0.197. The molecule has 5 heteroatoms. The third-order valence-electron chi connectivity index (χ3n) is 2.88. The first kappa shape index (κ1) is 15.0. The first-order valence-electron chi connectivity index (χ1n) is 6.70. The Morgan fingerprint density at radius 1 is 1.35 bits per heavy atom. The van der Waals surface area contributed by atoms with Gasteiger partial charge in [0.1, 0.15) is 10.8 Å². The van der Waals surface area contributed by atoms with Gasteiger partial charge in [0.15, 0.2) is 0 Å². The van der Waals surface area contributed by atoms with Crippen LogP contribution in [0.4, 0.5) is 0 Å². The molecule has 0 saturated carbocycles. The monoisotopic (exact) mass is 292 g/mol. The smallest absolute Gasteiger partial charge is 0.124 e. The lowest BCUT2D eigenvalue weighted by Gasteiger charge is -2.20. The van der Waals surface area contributed by atoms with Crippen molar-refractivity contribution in [1.29, 1.82) is 0 Å². The maximum atomic E-state index is 5.73. The molecule has 0 fully saturated rings. The quantitative estimate of drug-likeness (QED) is 0.760. The van der Waals surface area contributed by atoms with E-state index in [1.165, 1.54) is 0 Å². The topological polar surface area (TPSA) is 43.4 Å². The molecule has 1 aromatic heterocycles. The highest BCUT2D eigenvalue weighted by Crippen LogP contribution is 2.30. The van der Waals surface area contributed by atoms with Gasteiger partial charge in [-0.3, -0.25) is 0 Å². The van der Waals surface area contributed by atoms with Crippen LogP contribution in [0.25, 0.3) is 0 Å². The van der Waals surface area contributed by atoms with Crippen LogP contribution in [0.15, 0.2) is 35.8 Å². The van der Waals surface area contributed by atoms with Gasteiger partial charge < -0.3 is 14.8 Å². The summed E-state index contributed by atoms with van der Waals surface area (Å²) in [7, 11) is 1.70. The highest BCUT2D eigenvalue weighted by molar-refractivity contribution is 7.09. The van der Waals surface area contributed by atoms with Crippen LogP contribution in [-0.4, -0.2) is 31.9 Å². The van der Waals surface area contributed by atoms with Crippen molar-refractivity contribution in [3.63, 3.8) is 0 Å². The lowest BCUT2D eigenvalue weighted by atomic mass is 10.1. The van der Waals surface area contributed by atoms with Crippen molar-refractivity contribution in [1.82, 2.24) is 10.3 Å². The molecule has 108 valence electrons. The molecular weight excluding hydrogens is 272 g/mol. The summed E-state index contributed by atoms with van der Waals surface area (Å²) in [6.07, 6.45) is 1.83. The molecule has 1 N–H and O–H groups in total. The highest BCUT2D eigenvalue weighted by Gasteiger charge is 2.19. The number of hydrogen-bond acceptors (Lipinski definition) is 5. The van der Waals surface area contributed by atoms with Gasteiger partial charge >= 0.3 is 0 Å². The first-order valence-corrected chi connectivity index (χ1v) is 7.58. The zero-order valence-corrected chi connectivity index (χ0v) is 12.7. The molecule has 1 atom stereocenters. The molecule has 4 nitrogen and oxygen atoms in total. The molecule has 0 amide bonds. The molecule has 2 aromatic rings. The molecule has 0 aliphatic carbocycles. The minimum atomic E-state index is 0.0351. The van der Waals surface area contributed by atoms with E-state index in [0.29, 0.717) is 13.2 Å². The Kier molecular flexibility index (Phi) is 5.98. The minimum Gasteiger partial charge on any atom is -0.494 e. The van der Waals surface area contributed by atoms with Gasteiger partial charge in [0, 0.05) is 30.8 Å². The molecule has 0 aliphatic rings. The van der Waals surface area contributed by atoms with E-state index < -0.39 is 0 Å². The second kappa shape index (κ2) is 7.99. The summed E-state index contributed by atoms with van der Waals surface area (Å²) < 4.78 is 10.8. The second-order valence-electron chi connectivity index (χ2n) is 4.22. The van der Waals surface area contributed by atoms with Crippen molar-refractivity contribution in [2.24, 2.45) is 0 Å². The Morgan fingerprint density at radius 3 is 2.90 bits per heavy atom. The van der Waals surface area contributed by atoms with E-state index in [4.69, 9.17) is 9.47 Å². The second-order valence-corrected chi connectivity index (χ2v) is 5.15. The molecule has 0 radical (unpaired) electrons. The average Bonchev–Trinajstić information content (AvgIpc) is 2.99. The Morgan fingerprint density at radius 2 is 2.20 bits per heavy atom. The van der Waals surface area contributed by atoms with Crippen molar-refractivity contribution in [2.75, 3.05) is 26.9 Å². The SMILES string of the molecule is CCOc1ccccc1C(NCCOC)c1nccs1. The summed E-state index contributed by atoms with van der Waals surface area (Å²) in [6, 6.07) is 8.13. The van der Waals surface area contributed by atoms with Crippen LogP contribution in [0.1, 0.15) is 23.5 Å². The van der Waals surface area contributed by atoms with Gasteiger partial charge in [0.25, 0.3) is 0 Å². The Bertz CT molecular complexity index is 502. The lowest BCUT2D eigenvalue weighted by Crippen LogP contribution is -2.26. The van der Waals surface area contributed by atoms with Crippen molar-refractivity contribution in [3.8, 4) is 5.75 Å². The Labute approximate surface area is 123 Å². The van der Waals surface area contributed by atoms with E-state index >= 15 is 0 Å². The van der Waals surface area contributed by atoms with E-state index in [0.717, 1.165) is 22.9 Å². The number of methoxy groups -OCH3 is 1. The minimum absolute atomic E-state index is 0.0351. The number of benzene rings is 1. The van der Waals surface area contributed by atoms with Gasteiger partial charge in [-0.25, -0.2) is 4.98 Å². The van der Waals surface area contributed by atoms with Gasteiger partial charge in [-0.05, 0) is 13.0 Å². The fourth-order valence-electron chi connectivity index (χ4n) is 2.02. The molecular formula is C15H20N2O2S. The number of rotatable bonds is 8. The molecule has 0 spiro atoms. The van der Waals surface area contributed by atoms with Gasteiger partial charge in [-0.2, -0.15) is 0 Å². The average molecular weight is 292 g/mol. The van der Waals surface area contributed by atoms with Crippen LogP contribution in [0.2, 0.25) is 0 Å². The molecule has 1 heterocycles. The number of para-hydroxylation sites is 1. The van der Waals surface area contributed by atoms with Crippen molar-refractivity contribution < 1.29 is 9.47 Å². The van der Waals surface area contributed by atoms with Gasteiger partial charge in [-0.1, -0.05) is 18.2 Å². The summed E-state index contributed by atoms with van der Waals surface area (Å²) in [5.74, 6) is 0.903. The molecule has 20 heavy (non-hydrogen) atoms. The molecule has 1 aromatic carbocycles. The summed E-state index contributed by atoms with van der Waals surface area (Å²) >= 11 is 1.64. The van der Waals surface area contributed by atoms with Gasteiger partial charge in [-0.15, -0.1) is 11.3 Å². The number of ether oxygens (including phenoxy) is 2. The first-order chi connectivity index (χ1) is 9.86. The van der Waals surface area contributed by atoms with Crippen molar-refractivity contribution in [3.05, 3.63) is 46.4 Å². The highest BCUT2D eigenvalue weighted by atomic mass is 32.1. The number of hydrogen-bond donors (Lipinski definition) is 1. The largest absolute Gasteiger partial charge is 0.494 e. The van der Waals surface area contributed by atoms with Crippen LogP contribution in [-0.2, 0) is 4.74 Å². The molecule has 0 saturated heterocycles. The third-order valence-corrected chi connectivity index (χ3v) is 3.72. The predicted octanol–water partition coefficient (Wildman–Crippen LogP) is 2.87. The predicted molar refractivity (Wildman–Crippen MR) is 81.4 cm³/mol. The fourth-order valence-corrected chi connectivity index (χ4v) is 2.75. The van der Waals surface area contributed by atoms with E-state index in [1.54, 1.807) is 18.4 Å². The maximum Gasteiger partial charge on any atom is 0.124 e. The number of aromatic nitrogens is 1. The molecule has 2 rings (SSSR count). The van der Waals surface area contributed by atoms with Crippen LogP contribution >= 0.6 is 11.3 Å². The van der Waals surface area contributed by atoms with Crippen molar-refractivity contribution in [2.45, 2.75) is 13.0 Å². The van der Waals surface area contributed by atoms with Crippen LogP contribution in [0.5, 0.6) is 5.75 Å². The molecule has 0 aliphatic heterocycles. The number of nitrogens with zero attached hydrogens (tertiary/aromatic N) is 1. The summed E-state index contributed by atoms with van der Waals surface area (Å²) in [5.41, 5.74) is 1.11. The van der Waals surface area contributed by atoms with Crippen molar-refractivity contribution >= 4 is 11.3 Å². The standard InChI is InChI=1S/C15H20N2O2S/c1-3-19-13-7-5-4-6-12(13)14(16-8-10-18-2)15-17-9-11-20-15/h4-7,9,11,14,16H,3,8,10H2,1-2H3. The van der Waals surface area contributed by atoms with Gasteiger partial charge in [0.2, 0.25) is 0 Å². The Hall–Kier alpha value is -1.43. The summed E-state index contributed by atoms with van der Waals surface area (Å²) in [6.45, 7) is 4.08. The zero-order valence-electron chi connectivity index (χ0n) is 11.8. The van der Waals surface area contributed by atoms with Crippen LogP contribution in [0, 0.1) is 0 Å². The molecule has 1 unspecified atom stereocenters. The van der Waals surface area contributed by atoms with E-state index in [2.05, 4.69) is 16.4 Å². The zero-order chi connectivity index (χ0) is 14.2. The van der Waals surface area contributed by atoms with Crippen LogP contribution < -0.4 is 10.1 Å². The maximum absolute atomic E-state index is 5.73. The molecule has 0 bridgehead atoms. The van der Waals surface area contributed by atoms with Crippen LogP contribution in [0.3, 0.4) is 0 Å².